The molecule has 0 aliphatic carbocycles. The molecule has 0 saturated carbocycles. The van der Waals surface area contributed by atoms with Crippen molar-refractivity contribution in [3.63, 3.8) is 0 Å². The molecule has 0 spiro atoms. The number of benzene rings is 1. The lowest BCUT2D eigenvalue weighted by atomic mass is 9.85. The number of hydrogen-bond acceptors (Lipinski definition) is 3. The quantitative estimate of drug-likeness (QED) is 0.912. The van der Waals surface area contributed by atoms with Crippen molar-refractivity contribution in [2.45, 2.75) is 38.6 Å². The van der Waals surface area contributed by atoms with Crippen molar-refractivity contribution in [2.24, 2.45) is 0 Å². The second-order valence-corrected chi connectivity index (χ2v) is 6.19. The minimum absolute atomic E-state index is 0.181. The average molecular weight is 327 g/mol. The largest absolute Gasteiger partial charge is 0.497 e. The smallest absolute Gasteiger partial charge is 0.341 e. The topological polar surface area (TPSA) is 68.5 Å². The van der Waals surface area contributed by atoms with Gasteiger partial charge < -0.3 is 14.4 Å². The van der Waals surface area contributed by atoms with E-state index in [0.717, 1.165) is 36.3 Å². The highest BCUT2D eigenvalue weighted by Gasteiger charge is 2.26. The fourth-order valence-electron chi connectivity index (χ4n) is 3.39. The van der Waals surface area contributed by atoms with E-state index in [1.54, 1.807) is 7.11 Å². The van der Waals surface area contributed by atoms with E-state index in [1.807, 2.05) is 16.7 Å². The Morgan fingerprint density at radius 1 is 1.38 bits per heavy atom. The third kappa shape index (κ3) is 2.82. The number of carboxylic acids is 1. The van der Waals surface area contributed by atoms with E-state index < -0.39 is 11.4 Å². The summed E-state index contributed by atoms with van der Waals surface area (Å²) >= 11 is 0. The summed E-state index contributed by atoms with van der Waals surface area (Å²) in [6.07, 6.45) is 4.72. The van der Waals surface area contributed by atoms with Gasteiger partial charge in [-0.1, -0.05) is 25.8 Å². The maximum atomic E-state index is 12.1. The Balaban J connectivity index is 2.18. The van der Waals surface area contributed by atoms with Crippen LogP contribution < -0.4 is 10.2 Å². The molecule has 1 N–H and O–H groups in total. The van der Waals surface area contributed by atoms with Crippen molar-refractivity contribution in [1.29, 1.82) is 0 Å². The summed E-state index contributed by atoms with van der Waals surface area (Å²) in [5.41, 5.74) is 2.27. The number of methoxy groups -OCH3 is 1. The number of unbranched alkanes of at least 4 members (excludes halogenated alkanes) is 1. The van der Waals surface area contributed by atoms with Crippen molar-refractivity contribution in [2.75, 3.05) is 7.11 Å². The predicted molar refractivity (Wildman–Crippen MR) is 91.9 cm³/mol. The molecule has 3 rings (SSSR count). The van der Waals surface area contributed by atoms with Crippen LogP contribution in [0.1, 0.15) is 48.0 Å². The summed E-state index contributed by atoms with van der Waals surface area (Å²) in [4.78, 5) is 23.4. The summed E-state index contributed by atoms with van der Waals surface area (Å²) in [6, 6.07) is 7.36. The van der Waals surface area contributed by atoms with Crippen LogP contribution in [0.25, 0.3) is 11.3 Å². The summed E-state index contributed by atoms with van der Waals surface area (Å²) in [5.74, 6) is -0.148. The number of nitrogens with zero attached hydrogens (tertiary/aromatic N) is 1. The lowest BCUT2D eigenvalue weighted by molar-refractivity contribution is 0.0694. The van der Waals surface area contributed by atoms with Gasteiger partial charge in [0.1, 0.15) is 11.3 Å². The Kier molecular flexibility index (Phi) is 4.42. The van der Waals surface area contributed by atoms with Crippen LogP contribution >= 0.6 is 0 Å². The van der Waals surface area contributed by atoms with Gasteiger partial charge in [-0.25, -0.2) is 4.79 Å². The molecular weight excluding hydrogens is 306 g/mol. The van der Waals surface area contributed by atoms with Gasteiger partial charge in [0.05, 0.1) is 12.8 Å². The maximum Gasteiger partial charge on any atom is 0.341 e. The third-order valence-electron chi connectivity index (χ3n) is 4.66. The Bertz CT molecular complexity index is 838. The second kappa shape index (κ2) is 6.51. The number of rotatable bonds is 5. The Morgan fingerprint density at radius 3 is 2.83 bits per heavy atom. The molecule has 0 saturated heterocycles. The lowest BCUT2D eigenvalue weighted by Gasteiger charge is -2.30. The van der Waals surface area contributed by atoms with Gasteiger partial charge in [0.2, 0.25) is 0 Å². The van der Waals surface area contributed by atoms with E-state index in [4.69, 9.17) is 4.74 Å². The van der Waals surface area contributed by atoms with Crippen molar-refractivity contribution in [1.82, 2.24) is 4.57 Å². The Morgan fingerprint density at radius 2 is 2.17 bits per heavy atom. The highest BCUT2D eigenvalue weighted by atomic mass is 16.5. The van der Waals surface area contributed by atoms with E-state index in [9.17, 15) is 14.7 Å². The van der Waals surface area contributed by atoms with Gasteiger partial charge in [-0.2, -0.15) is 0 Å². The number of carbonyl (C=O) groups is 1. The zero-order valence-corrected chi connectivity index (χ0v) is 13.9. The van der Waals surface area contributed by atoms with Crippen LogP contribution in [0.15, 0.2) is 35.3 Å². The zero-order chi connectivity index (χ0) is 17.3. The maximum absolute atomic E-state index is 12.1. The number of aromatic carboxylic acids is 1. The van der Waals surface area contributed by atoms with Crippen LogP contribution in [0, 0.1) is 0 Å². The highest BCUT2D eigenvalue weighted by molar-refractivity contribution is 5.87. The van der Waals surface area contributed by atoms with Crippen molar-refractivity contribution in [3.05, 3.63) is 51.8 Å². The first kappa shape index (κ1) is 16.3. The van der Waals surface area contributed by atoms with E-state index >= 15 is 0 Å². The van der Waals surface area contributed by atoms with E-state index in [-0.39, 0.29) is 5.56 Å². The molecule has 1 aliphatic rings. The number of hydrogen-bond donors (Lipinski definition) is 1. The van der Waals surface area contributed by atoms with Gasteiger partial charge in [-0.05, 0) is 24.1 Å². The monoisotopic (exact) mass is 327 g/mol. The number of aromatic nitrogens is 1. The van der Waals surface area contributed by atoms with Gasteiger partial charge >= 0.3 is 5.97 Å². The minimum atomic E-state index is -1.18. The molecule has 0 radical (unpaired) electrons. The summed E-state index contributed by atoms with van der Waals surface area (Å²) in [5, 5.41) is 9.22. The fraction of sp³-hybridized carbons (Fsp3) is 0.368. The number of ether oxygens (including phenoxy) is 1. The molecular formula is C19H21NO4. The molecule has 24 heavy (non-hydrogen) atoms. The van der Waals surface area contributed by atoms with Crippen LogP contribution in [0.4, 0.5) is 0 Å². The molecule has 0 fully saturated rings. The van der Waals surface area contributed by atoms with Crippen molar-refractivity contribution in [3.8, 4) is 17.0 Å². The molecule has 2 aromatic rings. The molecule has 5 heteroatoms. The normalized spacial score (nSPS) is 15.5. The molecule has 1 aromatic heterocycles. The first-order chi connectivity index (χ1) is 11.5. The molecule has 0 amide bonds. The Labute approximate surface area is 140 Å². The van der Waals surface area contributed by atoms with Gasteiger partial charge in [-0.15, -0.1) is 0 Å². The molecule has 1 atom stereocenters. The summed E-state index contributed by atoms with van der Waals surface area (Å²) in [7, 11) is 1.61. The van der Waals surface area contributed by atoms with Crippen LogP contribution in [0.5, 0.6) is 5.75 Å². The van der Waals surface area contributed by atoms with Crippen LogP contribution in [0.3, 0.4) is 0 Å². The number of fused-ring (bicyclic) bond motifs is 3. The van der Waals surface area contributed by atoms with Crippen molar-refractivity contribution < 1.29 is 14.6 Å². The lowest BCUT2D eigenvalue weighted by Crippen LogP contribution is -2.24. The number of carboxylic acid groups (broad SMARTS) is 1. The third-order valence-corrected chi connectivity index (χ3v) is 4.66. The van der Waals surface area contributed by atoms with Crippen molar-refractivity contribution >= 4 is 5.97 Å². The van der Waals surface area contributed by atoms with Crippen LogP contribution in [0.2, 0.25) is 0 Å². The Hall–Kier alpha value is -2.56. The van der Waals surface area contributed by atoms with E-state index in [1.165, 1.54) is 17.8 Å². The molecule has 1 aromatic carbocycles. The molecule has 0 bridgehead atoms. The molecule has 5 nitrogen and oxygen atoms in total. The average Bonchev–Trinajstić information content (AvgIpc) is 2.58. The summed E-state index contributed by atoms with van der Waals surface area (Å²) < 4.78 is 7.22. The van der Waals surface area contributed by atoms with Gasteiger partial charge in [0, 0.05) is 30.3 Å². The first-order valence-corrected chi connectivity index (χ1v) is 8.21. The fourth-order valence-corrected chi connectivity index (χ4v) is 3.39. The predicted octanol–water partition coefficient (Wildman–Crippen LogP) is 3.51. The standard InChI is InChI=1S/C19H21NO4/c1-3-4-5-12-10-20-11-16(19(22)23)18(21)9-17(20)15-8-13(24-2)6-7-14(12)15/h6-9,11-12H,3-5,10H2,1-2H3,(H,22,23). The molecule has 2 heterocycles. The van der Waals surface area contributed by atoms with Crippen LogP contribution in [-0.2, 0) is 6.54 Å². The minimum Gasteiger partial charge on any atom is -0.497 e. The van der Waals surface area contributed by atoms with E-state index in [2.05, 4.69) is 13.0 Å². The number of pyridine rings is 1. The zero-order valence-electron chi connectivity index (χ0n) is 13.9. The first-order valence-electron chi connectivity index (χ1n) is 8.21. The summed E-state index contributed by atoms with van der Waals surface area (Å²) in [6.45, 7) is 2.85. The molecule has 1 unspecified atom stereocenters. The molecule has 1 aliphatic heterocycles. The molecule has 126 valence electrons. The van der Waals surface area contributed by atoms with E-state index in [0.29, 0.717) is 12.5 Å². The van der Waals surface area contributed by atoms with Gasteiger partial charge in [0.15, 0.2) is 5.43 Å². The second-order valence-electron chi connectivity index (χ2n) is 6.19. The SMILES string of the molecule is CCCCC1Cn2cc(C(=O)O)c(=O)cc2-c2cc(OC)ccc21. The highest BCUT2D eigenvalue weighted by Crippen LogP contribution is 2.39. The van der Waals surface area contributed by atoms with Gasteiger partial charge in [0.25, 0.3) is 0 Å². The van der Waals surface area contributed by atoms with Crippen LogP contribution in [-0.4, -0.2) is 22.8 Å². The van der Waals surface area contributed by atoms with Gasteiger partial charge in [-0.3, -0.25) is 4.79 Å².